The molecule has 0 spiro atoms. The first-order valence-corrected chi connectivity index (χ1v) is 6.61. The predicted octanol–water partition coefficient (Wildman–Crippen LogP) is 2.64. The maximum atomic E-state index is 5.88. The Balaban J connectivity index is 2.82. The van der Waals surface area contributed by atoms with Crippen LogP contribution in [0.5, 0.6) is 5.75 Å². The van der Waals surface area contributed by atoms with Crippen LogP contribution in [0.25, 0.3) is 0 Å². The third kappa shape index (κ3) is 4.00. The molecule has 0 aliphatic carbocycles. The van der Waals surface area contributed by atoms with Crippen molar-refractivity contribution in [1.29, 1.82) is 0 Å². The van der Waals surface area contributed by atoms with Crippen molar-refractivity contribution in [2.45, 2.75) is 39.3 Å². The fraction of sp³-hybridized carbons (Fsp3) is 0.600. The van der Waals surface area contributed by atoms with Gasteiger partial charge in [-0.1, -0.05) is 19.1 Å². The summed E-state index contributed by atoms with van der Waals surface area (Å²) in [5.74, 6) is 0.912. The predicted molar refractivity (Wildman–Crippen MR) is 76.8 cm³/mol. The van der Waals surface area contributed by atoms with Crippen LogP contribution in [0.3, 0.4) is 0 Å². The van der Waals surface area contributed by atoms with Crippen molar-refractivity contribution in [2.75, 3.05) is 20.2 Å². The molecule has 0 saturated carbocycles. The molecule has 0 aliphatic heterocycles. The van der Waals surface area contributed by atoms with Crippen molar-refractivity contribution in [3.63, 3.8) is 0 Å². The molecule has 0 amide bonds. The minimum atomic E-state index is 0.0269. The largest absolute Gasteiger partial charge is 0.497 e. The average molecular weight is 250 g/mol. The van der Waals surface area contributed by atoms with E-state index in [9.17, 15) is 0 Å². The molecular weight excluding hydrogens is 224 g/mol. The monoisotopic (exact) mass is 250 g/mol. The van der Waals surface area contributed by atoms with Gasteiger partial charge < -0.3 is 10.5 Å². The molecule has 0 unspecified atom stereocenters. The molecule has 3 heteroatoms. The van der Waals surface area contributed by atoms with Crippen LogP contribution in [-0.4, -0.2) is 30.6 Å². The number of hydrogen-bond donors (Lipinski definition) is 1. The zero-order valence-corrected chi connectivity index (χ0v) is 12.1. The van der Waals surface area contributed by atoms with Crippen molar-refractivity contribution in [3.8, 4) is 5.75 Å². The van der Waals surface area contributed by atoms with Crippen LogP contribution in [-0.2, 0) is 6.54 Å². The second-order valence-electron chi connectivity index (χ2n) is 5.29. The fourth-order valence-electron chi connectivity index (χ4n) is 1.99. The molecule has 1 aromatic carbocycles. The maximum absolute atomic E-state index is 5.88. The van der Waals surface area contributed by atoms with E-state index >= 15 is 0 Å². The Labute approximate surface area is 111 Å². The average Bonchev–Trinajstić information content (AvgIpc) is 2.38. The molecule has 3 nitrogen and oxygen atoms in total. The van der Waals surface area contributed by atoms with Crippen LogP contribution in [0, 0.1) is 0 Å². The van der Waals surface area contributed by atoms with Crippen molar-refractivity contribution in [2.24, 2.45) is 5.73 Å². The van der Waals surface area contributed by atoms with Gasteiger partial charge in [-0.15, -0.1) is 0 Å². The summed E-state index contributed by atoms with van der Waals surface area (Å²) in [6.07, 6.45) is 1.13. The Bertz CT molecular complexity index is 363. The number of nitrogens with zero attached hydrogens (tertiary/aromatic N) is 1. The van der Waals surface area contributed by atoms with Gasteiger partial charge in [0.2, 0.25) is 0 Å². The van der Waals surface area contributed by atoms with Gasteiger partial charge in [0.1, 0.15) is 5.75 Å². The smallest absolute Gasteiger partial charge is 0.119 e. The lowest BCUT2D eigenvalue weighted by Crippen LogP contribution is -2.49. The van der Waals surface area contributed by atoms with Crippen LogP contribution in [0.2, 0.25) is 0 Å². The first-order chi connectivity index (χ1) is 8.53. The molecule has 0 radical (unpaired) electrons. The Morgan fingerprint density at radius 3 is 2.61 bits per heavy atom. The third-order valence-electron chi connectivity index (χ3n) is 3.36. The molecule has 0 bridgehead atoms. The van der Waals surface area contributed by atoms with Gasteiger partial charge >= 0.3 is 0 Å². The molecular formula is C15H26N2O. The van der Waals surface area contributed by atoms with E-state index in [-0.39, 0.29) is 5.54 Å². The maximum Gasteiger partial charge on any atom is 0.119 e. The molecule has 0 aromatic heterocycles. The summed E-state index contributed by atoms with van der Waals surface area (Å²) in [5.41, 5.74) is 7.18. The lowest BCUT2D eigenvalue weighted by Gasteiger charge is -2.37. The zero-order chi connectivity index (χ0) is 13.6. The lowest BCUT2D eigenvalue weighted by atomic mass is 10.0. The summed E-state index contributed by atoms with van der Waals surface area (Å²) >= 11 is 0. The van der Waals surface area contributed by atoms with Gasteiger partial charge in [0.25, 0.3) is 0 Å². The van der Waals surface area contributed by atoms with Crippen molar-refractivity contribution >= 4 is 0 Å². The highest BCUT2D eigenvalue weighted by atomic mass is 16.5. The molecule has 0 saturated heterocycles. The third-order valence-corrected chi connectivity index (χ3v) is 3.36. The van der Waals surface area contributed by atoms with Crippen LogP contribution >= 0.6 is 0 Å². The van der Waals surface area contributed by atoms with Gasteiger partial charge in [0.05, 0.1) is 7.11 Å². The van der Waals surface area contributed by atoms with Gasteiger partial charge in [0.15, 0.2) is 0 Å². The minimum absolute atomic E-state index is 0.0269. The summed E-state index contributed by atoms with van der Waals surface area (Å²) < 4.78 is 5.27. The quantitative estimate of drug-likeness (QED) is 0.808. The van der Waals surface area contributed by atoms with Gasteiger partial charge in [-0.25, -0.2) is 0 Å². The van der Waals surface area contributed by atoms with E-state index in [4.69, 9.17) is 10.5 Å². The van der Waals surface area contributed by atoms with Gasteiger partial charge in [0, 0.05) is 18.6 Å². The molecule has 0 aliphatic rings. The summed E-state index contributed by atoms with van der Waals surface area (Å²) in [4.78, 5) is 2.43. The minimum Gasteiger partial charge on any atom is -0.497 e. The molecule has 1 rings (SSSR count). The number of hydrogen-bond acceptors (Lipinski definition) is 3. The number of rotatable bonds is 7. The van der Waals surface area contributed by atoms with E-state index in [1.54, 1.807) is 7.11 Å². The Morgan fingerprint density at radius 1 is 1.33 bits per heavy atom. The number of ether oxygens (including phenoxy) is 1. The molecule has 0 fully saturated rings. The Kier molecular flexibility index (Phi) is 5.63. The molecule has 0 atom stereocenters. The normalized spacial score (nSPS) is 11.9. The first-order valence-electron chi connectivity index (χ1n) is 6.61. The zero-order valence-electron chi connectivity index (χ0n) is 12.1. The second-order valence-corrected chi connectivity index (χ2v) is 5.29. The van der Waals surface area contributed by atoms with E-state index in [0.29, 0.717) is 6.54 Å². The highest BCUT2D eigenvalue weighted by Crippen LogP contribution is 2.20. The van der Waals surface area contributed by atoms with Crippen molar-refractivity contribution in [3.05, 3.63) is 29.8 Å². The van der Waals surface area contributed by atoms with Gasteiger partial charge in [-0.2, -0.15) is 0 Å². The number of methoxy groups -OCH3 is 1. The second kappa shape index (κ2) is 6.76. The lowest BCUT2D eigenvalue weighted by molar-refractivity contribution is 0.118. The van der Waals surface area contributed by atoms with Crippen molar-refractivity contribution in [1.82, 2.24) is 4.90 Å². The summed E-state index contributed by atoms with van der Waals surface area (Å²) in [6, 6.07) is 8.24. The van der Waals surface area contributed by atoms with E-state index in [2.05, 4.69) is 37.8 Å². The summed E-state index contributed by atoms with van der Waals surface area (Å²) in [7, 11) is 1.70. The summed E-state index contributed by atoms with van der Waals surface area (Å²) in [5, 5.41) is 0. The van der Waals surface area contributed by atoms with E-state index in [0.717, 1.165) is 25.3 Å². The first kappa shape index (κ1) is 15.0. The Hall–Kier alpha value is -1.06. The molecule has 2 N–H and O–H groups in total. The van der Waals surface area contributed by atoms with E-state index in [1.807, 2.05) is 12.1 Å². The number of benzene rings is 1. The van der Waals surface area contributed by atoms with E-state index in [1.165, 1.54) is 5.56 Å². The highest BCUT2D eigenvalue weighted by molar-refractivity contribution is 5.28. The van der Waals surface area contributed by atoms with Crippen molar-refractivity contribution < 1.29 is 4.74 Å². The van der Waals surface area contributed by atoms with Crippen LogP contribution in [0.1, 0.15) is 32.8 Å². The highest BCUT2D eigenvalue weighted by Gasteiger charge is 2.24. The van der Waals surface area contributed by atoms with Crippen LogP contribution < -0.4 is 10.5 Å². The molecule has 1 aromatic rings. The SMILES string of the molecule is CCCN(Cc1cccc(OC)c1)C(C)(C)CN. The van der Waals surface area contributed by atoms with Crippen LogP contribution in [0.4, 0.5) is 0 Å². The molecule has 102 valence electrons. The van der Waals surface area contributed by atoms with E-state index < -0.39 is 0 Å². The number of nitrogens with two attached hydrogens (primary N) is 1. The Morgan fingerprint density at radius 2 is 2.06 bits per heavy atom. The van der Waals surface area contributed by atoms with Crippen LogP contribution in [0.15, 0.2) is 24.3 Å². The molecule has 18 heavy (non-hydrogen) atoms. The fourth-order valence-corrected chi connectivity index (χ4v) is 1.99. The van der Waals surface area contributed by atoms with Gasteiger partial charge in [-0.3, -0.25) is 4.90 Å². The molecule has 0 heterocycles. The standard InChI is InChI=1S/C15H26N2O/c1-5-9-17(15(2,3)12-16)11-13-7-6-8-14(10-13)18-4/h6-8,10H,5,9,11-12,16H2,1-4H3. The van der Waals surface area contributed by atoms with Gasteiger partial charge in [-0.05, 0) is 44.5 Å². The topological polar surface area (TPSA) is 38.5 Å². The summed E-state index contributed by atoms with van der Waals surface area (Å²) in [6.45, 7) is 9.23.